The highest BCUT2D eigenvalue weighted by atomic mass is 16.3. The lowest BCUT2D eigenvalue weighted by atomic mass is 9.81. The Morgan fingerprint density at radius 1 is 0.348 bits per heavy atom. The van der Waals surface area contributed by atoms with Crippen molar-refractivity contribution in [2.45, 2.75) is 19.3 Å². The van der Waals surface area contributed by atoms with E-state index in [1.54, 1.807) is 0 Å². The maximum atomic E-state index is 6.62. The Hall–Kier alpha value is -8.40. The Kier molecular flexibility index (Phi) is 8.56. The van der Waals surface area contributed by atoms with Gasteiger partial charge < -0.3 is 14.2 Å². The minimum absolute atomic E-state index is 0.233. The van der Waals surface area contributed by atoms with E-state index < -0.39 is 0 Å². The van der Waals surface area contributed by atoms with Gasteiger partial charge in [0.1, 0.15) is 11.2 Å². The van der Waals surface area contributed by atoms with Crippen LogP contribution >= 0.6 is 0 Å². The van der Waals surface area contributed by atoms with Crippen LogP contribution in [0.3, 0.4) is 0 Å². The number of anilines is 6. The molecule has 0 amide bonds. The van der Waals surface area contributed by atoms with Crippen LogP contribution in [0.25, 0.3) is 77.6 Å². The molecule has 1 aromatic heterocycles. The molecule has 13 rings (SSSR count). The summed E-state index contributed by atoms with van der Waals surface area (Å²) in [4.78, 5) is 4.88. The number of furan rings is 1. The second kappa shape index (κ2) is 14.8. The van der Waals surface area contributed by atoms with Gasteiger partial charge in [0.25, 0.3) is 0 Å². The number of hydrogen-bond acceptors (Lipinski definition) is 3. The Bertz CT molecular complexity index is 3680. The van der Waals surface area contributed by atoms with E-state index in [-0.39, 0.29) is 5.41 Å². The zero-order valence-corrected chi connectivity index (χ0v) is 36.7. The normalized spacial score (nSPS) is 13.1. The van der Waals surface area contributed by atoms with Crippen LogP contribution in [0.15, 0.2) is 235 Å². The number of benzene rings is 10. The van der Waals surface area contributed by atoms with Gasteiger partial charge in [-0.3, -0.25) is 0 Å². The van der Waals surface area contributed by atoms with Crippen molar-refractivity contribution in [1.82, 2.24) is 0 Å². The number of hydrogen-bond donors (Lipinski definition) is 0. The van der Waals surface area contributed by atoms with Crippen molar-refractivity contribution in [3.8, 4) is 55.6 Å². The minimum Gasteiger partial charge on any atom is -0.456 e. The SMILES string of the molecule is CC1(C)c2cc(-c3ccccc3)ccc2-c2ccc(N(c3ccc4c(c3)N(c3ccccc3)c3ccccc3-c3ccccc3-4)c3ccc4oc5cc(-c6ccccc6)ccc5c4c3)cc21. The van der Waals surface area contributed by atoms with E-state index in [9.17, 15) is 0 Å². The molecule has 0 atom stereocenters. The maximum absolute atomic E-state index is 6.62. The number of nitrogens with zero attached hydrogens (tertiary/aromatic N) is 2. The third kappa shape index (κ3) is 5.97. The molecule has 66 heavy (non-hydrogen) atoms. The molecule has 0 radical (unpaired) electrons. The van der Waals surface area contributed by atoms with Crippen molar-refractivity contribution < 1.29 is 4.42 Å². The van der Waals surface area contributed by atoms with Gasteiger partial charge in [0.2, 0.25) is 0 Å². The smallest absolute Gasteiger partial charge is 0.136 e. The maximum Gasteiger partial charge on any atom is 0.136 e. The first-order chi connectivity index (χ1) is 32.5. The molecule has 3 heteroatoms. The second-order valence-corrected chi connectivity index (χ2v) is 18.1. The predicted molar refractivity (Wildman–Crippen MR) is 276 cm³/mol. The van der Waals surface area contributed by atoms with Crippen molar-refractivity contribution in [3.63, 3.8) is 0 Å². The molecule has 0 unspecified atom stereocenters. The van der Waals surface area contributed by atoms with Gasteiger partial charge in [-0.05, 0) is 134 Å². The van der Waals surface area contributed by atoms with Crippen LogP contribution in [0, 0.1) is 0 Å². The van der Waals surface area contributed by atoms with Gasteiger partial charge in [-0.2, -0.15) is 0 Å². The van der Waals surface area contributed by atoms with Crippen molar-refractivity contribution in [3.05, 3.63) is 242 Å². The molecule has 0 spiro atoms. The highest BCUT2D eigenvalue weighted by Gasteiger charge is 2.37. The third-order valence-electron chi connectivity index (χ3n) is 14.0. The highest BCUT2D eigenvalue weighted by molar-refractivity contribution is 6.08. The van der Waals surface area contributed by atoms with Crippen LogP contribution in [-0.4, -0.2) is 0 Å². The fourth-order valence-corrected chi connectivity index (χ4v) is 10.7. The Balaban J connectivity index is 1.02. The van der Waals surface area contributed by atoms with Crippen LogP contribution in [0.1, 0.15) is 25.0 Å². The molecule has 312 valence electrons. The molecule has 2 heterocycles. The number of rotatable bonds is 6. The Labute approximate surface area is 385 Å². The highest BCUT2D eigenvalue weighted by Crippen LogP contribution is 2.55. The Morgan fingerprint density at radius 2 is 0.864 bits per heavy atom. The first-order valence-corrected chi connectivity index (χ1v) is 22.8. The van der Waals surface area contributed by atoms with Gasteiger partial charge in [0.15, 0.2) is 0 Å². The molecule has 1 aliphatic heterocycles. The van der Waals surface area contributed by atoms with E-state index in [1.165, 1.54) is 61.2 Å². The quantitative estimate of drug-likeness (QED) is 0.166. The van der Waals surface area contributed by atoms with Gasteiger partial charge in [-0.25, -0.2) is 0 Å². The second-order valence-electron chi connectivity index (χ2n) is 18.1. The number of para-hydroxylation sites is 2. The first-order valence-electron chi connectivity index (χ1n) is 22.8. The van der Waals surface area contributed by atoms with Crippen molar-refractivity contribution in [1.29, 1.82) is 0 Å². The summed E-state index contributed by atoms with van der Waals surface area (Å²) >= 11 is 0. The summed E-state index contributed by atoms with van der Waals surface area (Å²) in [6, 6.07) is 84.0. The summed E-state index contributed by atoms with van der Waals surface area (Å²) in [6.45, 7) is 4.76. The van der Waals surface area contributed by atoms with Crippen LogP contribution < -0.4 is 9.80 Å². The van der Waals surface area contributed by atoms with Gasteiger partial charge in [-0.1, -0.05) is 166 Å². The van der Waals surface area contributed by atoms with Gasteiger partial charge in [0.05, 0.1) is 11.4 Å². The molecule has 0 N–H and O–H groups in total. The molecule has 0 saturated carbocycles. The van der Waals surface area contributed by atoms with Crippen LogP contribution in [-0.2, 0) is 5.41 Å². The molecule has 1 aliphatic carbocycles. The molecule has 0 saturated heterocycles. The molecule has 10 aromatic carbocycles. The zero-order chi connectivity index (χ0) is 43.9. The summed E-state index contributed by atoms with van der Waals surface area (Å²) in [7, 11) is 0. The van der Waals surface area contributed by atoms with Gasteiger partial charge in [-0.15, -0.1) is 0 Å². The summed E-state index contributed by atoms with van der Waals surface area (Å²) < 4.78 is 6.62. The van der Waals surface area contributed by atoms with Gasteiger partial charge in [0, 0.05) is 50.1 Å². The Morgan fingerprint density at radius 3 is 1.58 bits per heavy atom. The molecule has 3 nitrogen and oxygen atoms in total. The third-order valence-corrected chi connectivity index (χ3v) is 14.0. The average Bonchev–Trinajstić information content (AvgIpc) is 3.80. The zero-order valence-electron chi connectivity index (χ0n) is 36.7. The number of fused-ring (bicyclic) bond motifs is 11. The van der Waals surface area contributed by atoms with Crippen LogP contribution in [0.4, 0.5) is 34.1 Å². The van der Waals surface area contributed by atoms with Gasteiger partial charge >= 0.3 is 0 Å². The van der Waals surface area contributed by atoms with E-state index in [4.69, 9.17) is 4.42 Å². The van der Waals surface area contributed by atoms with Crippen LogP contribution in [0.5, 0.6) is 0 Å². The van der Waals surface area contributed by atoms with E-state index in [1.807, 2.05) is 0 Å². The van der Waals surface area contributed by atoms with Crippen LogP contribution in [0.2, 0.25) is 0 Å². The largest absolute Gasteiger partial charge is 0.456 e. The lowest BCUT2D eigenvalue weighted by Crippen LogP contribution is -2.17. The lowest BCUT2D eigenvalue weighted by molar-refractivity contribution is 0.660. The van der Waals surface area contributed by atoms with E-state index in [0.29, 0.717) is 0 Å². The summed E-state index contributed by atoms with van der Waals surface area (Å²) in [5.74, 6) is 0. The average molecular weight is 845 g/mol. The molecular weight excluding hydrogens is 801 g/mol. The minimum atomic E-state index is -0.233. The summed E-state index contributed by atoms with van der Waals surface area (Å²) in [5, 5.41) is 2.18. The molecular formula is C63H44N2O. The summed E-state index contributed by atoms with van der Waals surface area (Å²) in [6.07, 6.45) is 0. The monoisotopic (exact) mass is 844 g/mol. The molecule has 0 fully saturated rings. The first kappa shape index (κ1) is 38.1. The van der Waals surface area contributed by atoms with E-state index in [0.717, 1.165) is 61.6 Å². The van der Waals surface area contributed by atoms with Crippen molar-refractivity contribution >= 4 is 56.1 Å². The predicted octanol–water partition coefficient (Wildman–Crippen LogP) is 17.8. The fraction of sp³-hybridized carbons (Fsp3) is 0.0476. The van der Waals surface area contributed by atoms with E-state index in [2.05, 4.69) is 254 Å². The van der Waals surface area contributed by atoms with Crippen molar-refractivity contribution in [2.75, 3.05) is 9.80 Å². The molecule has 0 bridgehead atoms. The van der Waals surface area contributed by atoms with Crippen molar-refractivity contribution in [2.24, 2.45) is 0 Å². The lowest BCUT2D eigenvalue weighted by Gasteiger charge is -2.31. The molecule has 2 aliphatic rings. The van der Waals surface area contributed by atoms with E-state index >= 15 is 0 Å². The summed E-state index contributed by atoms with van der Waals surface area (Å²) in [5.41, 5.74) is 22.9. The fourth-order valence-electron chi connectivity index (χ4n) is 10.7. The molecule has 11 aromatic rings. The topological polar surface area (TPSA) is 19.6 Å². The standard InChI is InChI=1S/C63H44N2O/c1-63(2)57-36-43(41-16-6-3-7-17-41)26-31-51(57)52-33-28-47(39-58(52)63)64(46-30-35-61-56(38-46)55-32-27-44(37-62(55)66-61)42-18-8-4-9-19-42)48-29-34-54-50-23-13-12-22-49(50)53-24-14-15-25-59(53)65(60(54)40-48)45-20-10-5-11-21-45/h3-40H,1-2H3.